The zero-order valence-electron chi connectivity index (χ0n) is 19.5. The number of carbonyl (C=O) groups excluding carboxylic acids is 1. The minimum Gasteiger partial charge on any atom is -0.368 e. The first-order chi connectivity index (χ1) is 16.1. The Hall–Kier alpha value is -3.45. The maximum absolute atomic E-state index is 13.3. The molecule has 5 heterocycles. The van der Waals surface area contributed by atoms with Gasteiger partial charge < -0.3 is 9.80 Å². The van der Waals surface area contributed by atoms with Crippen molar-refractivity contribution in [1.82, 2.24) is 29.3 Å². The molecule has 0 bridgehead atoms. The predicted molar refractivity (Wildman–Crippen MR) is 130 cm³/mol. The van der Waals surface area contributed by atoms with Gasteiger partial charge in [-0.15, -0.1) is 0 Å². The van der Waals surface area contributed by atoms with Crippen LogP contribution in [0, 0.1) is 6.92 Å². The van der Waals surface area contributed by atoms with Crippen molar-refractivity contribution >= 4 is 17.0 Å². The summed E-state index contributed by atoms with van der Waals surface area (Å²) in [5, 5.41) is 4.74. The summed E-state index contributed by atoms with van der Waals surface area (Å²) in [6, 6.07) is 2.02. The maximum Gasteiger partial charge on any atom is 0.255 e. The third-order valence-electron chi connectivity index (χ3n) is 6.49. The normalized spacial score (nSPS) is 20.8. The number of aromatic nitrogens is 3. The lowest BCUT2D eigenvalue weighted by Crippen LogP contribution is -2.46. The lowest BCUT2D eigenvalue weighted by molar-refractivity contribution is -0.122. The summed E-state index contributed by atoms with van der Waals surface area (Å²) < 4.78 is 1.87. The van der Waals surface area contributed by atoms with E-state index in [0.717, 1.165) is 78.7 Å². The van der Waals surface area contributed by atoms with Gasteiger partial charge in [0.25, 0.3) is 5.91 Å². The van der Waals surface area contributed by atoms with Crippen LogP contribution in [0.25, 0.3) is 11.1 Å². The predicted octanol–water partition coefficient (Wildman–Crippen LogP) is 3.31. The Kier molecular flexibility index (Phi) is 5.72. The van der Waals surface area contributed by atoms with Crippen LogP contribution in [-0.4, -0.2) is 67.9 Å². The van der Waals surface area contributed by atoms with E-state index in [1.54, 1.807) is 11.0 Å². The largest absolute Gasteiger partial charge is 0.368 e. The molecule has 3 aliphatic rings. The smallest absolute Gasteiger partial charge is 0.255 e. The van der Waals surface area contributed by atoms with Crippen molar-refractivity contribution in [3.63, 3.8) is 0 Å². The molecule has 0 unspecified atom stereocenters. The number of hydrogen-bond acceptors (Lipinski definition) is 5. The van der Waals surface area contributed by atoms with Crippen LogP contribution in [0.3, 0.4) is 0 Å². The Morgan fingerprint density at radius 3 is 2.58 bits per heavy atom. The number of aryl methyl sites for hydroxylation is 2. The molecule has 5 rings (SSSR count). The highest BCUT2D eigenvalue weighted by atomic mass is 16.2. The molecule has 0 spiro atoms. The van der Waals surface area contributed by atoms with Gasteiger partial charge in [-0.1, -0.05) is 26.0 Å². The minimum atomic E-state index is -0.0725. The third kappa shape index (κ3) is 4.16. The van der Waals surface area contributed by atoms with E-state index in [4.69, 9.17) is 5.10 Å². The fourth-order valence-corrected chi connectivity index (χ4v) is 4.58. The molecule has 0 radical (unpaired) electrons. The molecule has 0 aliphatic carbocycles. The van der Waals surface area contributed by atoms with Crippen LogP contribution >= 0.6 is 0 Å². The molecule has 3 aliphatic heterocycles. The molecule has 0 aromatic carbocycles. The van der Waals surface area contributed by atoms with Crippen molar-refractivity contribution in [2.75, 3.05) is 32.7 Å². The van der Waals surface area contributed by atoms with E-state index in [2.05, 4.69) is 34.7 Å². The first-order valence-electron chi connectivity index (χ1n) is 11.7. The SMILES string of the molecule is CCc1nc(C)cn2nc(C3=CC(=O)N4C=C(N5CCN(CC)CC5)C=C/C4=C\C=C3)cc12. The van der Waals surface area contributed by atoms with Crippen molar-refractivity contribution in [3.05, 3.63) is 83.4 Å². The van der Waals surface area contributed by atoms with Crippen molar-refractivity contribution in [2.24, 2.45) is 0 Å². The maximum atomic E-state index is 13.3. The number of piperazine rings is 1. The number of likely N-dealkylation sites (N-methyl/N-ethyl adjacent to an activating group) is 1. The van der Waals surface area contributed by atoms with Gasteiger partial charge in [-0.2, -0.15) is 5.10 Å². The highest BCUT2D eigenvalue weighted by Crippen LogP contribution is 2.26. The lowest BCUT2D eigenvalue weighted by Gasteiger charge is -2.37. The zero-order chi connectivity index (χ0) is 22.9. The van der Waals surface area contributed by atoms with Gasteiger partial charge in [0.15, 0.2) is 0 Å². The molecule has 0 saturated carbocycles. The molecule has 7 heteroatoms. The van der Waals surface area contributed by atoms with Gasteiger partial charge >= 0.3 is 0 Å². The standard InChI is InChI=1S/C26H30N6O/c1-4-23-25-16-24(28-32(25)17-19(3)27-23)20-7-6-8-21-9-10-22(18-31(21)26(33)15-20)30-13-11-29(5-2)12-14-30/h6-10,15-18H,4-5,11-14H2,1-3H3/b7-6?,20-15?,21-8+. The van der Waals surface area contributed by atoms with E-state index in [1.165, 1.54) is 0 Å². The van der Waals surface area contributed by atoms with Crippen LogP contribution in [0.5, 0.6) is 0 Å². The van der Waals surface area contributed by atoms with E-state index in [9.17, 15) is 4.79 Å². The van der Waals surface area contributed by atoms with Crippen LogP contribution in [0.4, 0.5) is 0 Å². The summed E-state index contributed by atoms with van der Waals surface area (Å²) in [4.78, 5) is 24.5. The quantitative estimate of drug-likeness (QED) is 0.727. The molecule has 1 fully saturated rings. The number of nitrogens with zero attached hydrogens (tertiary/aromatic N) is 6. The van der Waals surface area contributed by atoms with Crippen LogP contribution in [0.2, 0.25) is 0 Å². The number of amides is 1. The van der Waals surface area contributed by atoms with E-state index < -0.39 is 0 Å². The third-order valence-corrected chi connectivity index (χ3v) is 6.49. The summed E-state index contributed by atoms with van der Waals surface area (Å²) in [6.07, 6.45) is 16.4. The minimum absolute atomic E-state index is 0.0725. The molecular weight excluding hydrogens is 412 g/mol. The van der Waals surface area contributed by atoms with Crippen LogP contribution < -0.4 is 0 Å². The van der Waals surface area contributed by atoms with Crippen molar-refractivity contribution < 1.29 is 4.79 Å². The Bertz CT molecular complexity index is 1240. The van der Waals surface area contributed by atoms with Crippen LogP contribution in [0.1, 0.15) is 30.9 Å². The molecular formula is C26H30N6O. The first kappa shape index (κ1) is 21.4. The zero-order valence-corrected chi connectivity index (χ0v) is 19.5. The lowest BCUT2D eigenvalue weighted by atomic mass is 10.1. The average Bonchev–Trinajstić information content (AvgIpc) is 3.25. The van der Waals surface area contributed by atoms with Gasteiger partial charge in [-0.25, -0.2) is 4.52 Å². The fourth-order valence-electron chi connectivity index (χ4n) is 4.58. The topological polar surface area (TPSA) is 57.0 Å². The van der Waals surface area contributed by atoms with Gasteiger partial charge in [-0.3, -0.25) is 14.7 Å². The number of allylic oxidation sites excluding steroid dienone is 6. The van der Waals surface area contributed by atoms with E-state index in [-0.39, 0.29) is 5.91 Å². The molecule has 1 saturated heterocycles. The summed E-state index contributed by atoms with van der Waals surface area (Å²) in [5.74, 6) is -0.0725. The Balaban J connectivity index is 1.45. The van der Waals surface area contributed by atoms with Gasteiger partial charge in [0.1, 0.15) is 0 Å². The van der Waals surface area contributed by atoms with E-state index in [1.807, 2.05) is 54.2 Å². The van der Waals surface area contributed by atoms with Crippen molar-refractivity contribution in [1.29, 1.82) is 0 Å². The van der Waals surface area contributed by atoms with Crippen molar-refractivity contribution in [3.8, 4) is 0 Å². The summed E-state index contributed by atoms with van der Waals surface area (Å²) in [7, 11) is 0. The second-order valence-electron chi connectivity index (χ2n) is 8.61. The highest BCUT2D eigenvalue weighted by Gasteiger charge is 2.23. The molecule has 2 aromatic rings. The van der Waals surface area contributed by atoms with Gasteiger partial charge in [0.05, 0.1) is 34.5 Å². The van der Waals surface area contributed by atoms with Crippen molar-refractivity contribution in [2.45, 2.75) is 27.2 Å². The second-order valence-corrected chi connectivity index (χ2v) is 8.61. The number of fused-ring (bicyclic) bond motifs is 2. The summed E-state index contributed by atoms with van der Waals surface area (Å²) in [6.45, 7) is 11.4. The molecule has 170 valence electrons. The molecule has 33 heavy (non-hydrogen) atoms. The molecule has 1 amide bonds. The Labute approximate surface area is 194 Å². The van der Waals surface area contributed by atoms with Gasteiger partial charge in [-0.05, 0) is 44.2 Å². The van der Waals surface area contributed by atoms with Crippen LogP contribution in [0.15, 0.2) is 66.3 Å². The number of hydrogen-bond donors (Lipinski definition) is 0. The Morgan fingerprint density at radius 1 is 1.03 bits per heavy atom. The van der Waals surface area contributed by atoms with Gasteiger partial charge in [0, 0.05) is 49.7 Å². The number of rotatable bonds is 4. The van der Waals surface area contributed by atoms with Crippen LogP contribution in [-0.2, 0) is 11.2 Å². The molecule has 2 aromatic heterocycles. The molecule has 0 atom stereocenters. The van der Waals surface area contributed by atoms with E-state index in [0.29, 0.717) is 0 Å². The second kappa shape index (κ2) is 8.83. The first-order valence-corrected chi connectivity index (χ1v) is 11.7. The Morgan fingerprint density at radius 2 is 1.82 bits per heavy atom. The molecule has 7 nitrogen and oxygen atoms in total. The monoisotopic (exact) mass is 442 g/mol. The van der Waals surface area contributed by atoms with Gasteiger partial charge in [0.2, 0.25) is 0 Å². The summed E-state index contributed by atoms with van der Waals surface area (Å²) >= 11 is 0. The average molecular weight is 443 g/mol. The fraction of sp³-hybridized carbons (Fsp3) is 0.346. The summed E-state index contributed by atoms with van der Waals surface area (Å²) in [5.41, 5.74) is 6.42. The number of carbonyl (C=O) groups is 1. The highest BCUT2D eigenvalue weighted by molar-refractivity contribution is 5.99. The van der Waals surface area contributed by atoms with E-state index >= 15 is 0 Å². The molecule has 0 N–H and O–H groups in total.